The van der Waals surface area contributed by atoms with Crippen molar-refractivity contribution in [3.63, 3.8) is 0 Å². The second-order valence-corrected chi connectivity index (χ2v) is 4.92. The summed E-state index contributed by atoms with van der Waals surface area (Å²) in [5.41, 5.74) is 2.88. The van der Waals surface area contributed by atoms with Crippen LogP contribution in [0.25, 0.3) is 11.0 Å². The number of pyridine rings is 1. The fraction of sp³-hybridized carbons (Fsp3) is 0.333. The molecule has 0 aromatic carbocycles. The van der Waals surface area contributed by atoms with Crippen molar-refractivity contribution in [2.45, 2.75) is 26.3 Å². The van der Waals surface area contributed by atoms with Crippen LogP contribution in [0.2, 0.25) is 0 Å². The lowest BCUT2D eigenvalue weighted by atomic mass is 10.1. The molecule has 1 N–H and O–H groups in total. The molecule has 1 atom stereocenters. The Morgan fingerprint density at radius 1 is 1.45 bits per heavy atom. The van der Waals surface area contributed by atoms with Gasteiger partial charge in [-0.25, -0.2) is 4.98 Å². The summed E-state index contributed by atoms with van der Waals surface area (Å²) in [4.78, 5) is 4.48. The minimum absolute atomic E-state index is 0.154. The molecule has 5 nitrogen and oxygen atoms in total. The van der Waals surface area contributed by atoms with E-state index >= 15 is 0 Å². The maximum atomic E-state index is 5.47. The first-order valence-corrected chi connectivity index (χ1v) is 6.78. The predicted molar refractivity (Wildman–Crippen MR) is 78.6 cm³/mol. The SMILES string of the molecule is CCC(Nc1cnc2c(c1)c(C)nn2C)c1ccco1. The number of hydrogen-bond donors (Lipinski definition) is 1. The minimum Gasteiger partial charge on any atom is -0.467 e. The third-order valence-corrected chi connectivity index (χ3v) is 3.50. The van der Waals surface area contributed by atoms with Crippen molar-refractivity contribution in [1.29, 1.82) is 0 Å². The monoisotopic (exact) mass is 270 g/mol. The van der Waals surface area contributed by atoms with Crippen LogP contribution in [0.4, 0.5) is 5.69 Å². The first-order chi connectivity index (χ1) is 9.69. The van der Waals surface area contributed by atoms with Crippen LogP contribution in [0.5, 0.6) is 0 Å². The summed E-state index contributed by atoms with van der Waals surface area (Å²) in [5, 5.41) is 8.93. The topological polar surface area (TPSA) is 55.9 Å². The molecule has 5 heteroatoms. The summed E-state index contributed by atoms with van der Waals surface area (Å²) in [6.07, 6.45) is 4.49. The van der Waals surface area contributed by atoms with E-state index in [2.05, 4.69) is 28.4 Å². The standard InChI is InChI=1S/C15H18N4O/c1-4-13(14-6-5-7-20-14)17-11-8-12-10(2)18-19(3)15(12)16-9-11/h5-9,13,17H,4H2,1-3H3. The molecular formula is C15H18N4O. The fourth-order valence-electron chi connectivity index (χ4n) is 2.45. The highest BCUT2D eigenvalue weighted by Crippen LogP contribution is 2.25. The number of aromatic nitrogens is 3. The van der Waals surface area contributed by atoms with E-state index in [1.807, 2.05) is 32.3 Å². The molecule has 0 saturated heterocycles. The third kappa shape index (κ3) is 2.15. The van der Waals surface area contributed by atoms with E-state index in [-0.39, 0.29) is 6.04 Å². The van der Waals surface area contributed by atoms with Crippen molar-refractivity contribution in [3.8, 4) is 0 Å². The van der Waals surface area contributed by atoms with Crippen LogP contribution in [0.3, 0.4) is 0 Å². The maximum absolute atomic E-state index is 5.47. The van der Waals surface area contributed by atoms with Gasteiger partial charge < -0.3 is 9.73 Å². The Morgan fingerprint density at radius 2 is 2.30 bits per heavy atom. The molecule has 104 valence electrons. The average Bonchev–Trinajstić information content (AvgIpc) is 3.06. The molecule has 0 aliphatic rings. The number of nitrogens with one attached hydrogen (secondary N) is 1. The largest absolute Gasteiger partial charge is 0.467 e. The number of furan rings is 1. The van der Waals surface area contributed by atoms with Gasteiger partial charge in [-0.05, 0) is 31.5 Å². The number of nitrogens with zero attached hydrogens (tertiary/aromatic N) is 3. The fourth-order valence-corrected chi connectivity index (χ4v) is 2.45. The van der Waals surface area contributed by atoms with Crippen molar-refractivity contribution < 1.29 is 4.42 Å². The van der Waals surface area contributed by atoms with Gasteiger partial charge in [0.05, 0.1) is 29.9 Å². The molecule has 0 bridgehead atoms. The molecule has 0 radical (unpaired) electrons. The van der Waals surface area contributed by atoms with E-state index in [1.54, 1.807) is 10.9 Å². The van der Waals surface area contributed by atoms with E-state index in [9.17, 15) is 0 Å². The van der Waals surface area contributed by atoms with Gasteiger partial charge >= 0.3 is 0 Å². The van der Waals surface area contributed by atoms with Gasteiger partial charge in [0.25, 0.3) is 0 Å². The molecule has 3 rings (SSSR count). The average molecular weight is 270 g/mol. The lowest BCUT2D eigenvalue weighted by molar-refractivity contribution is 0.474. The van der Waals surface area contributed by atoms with Crippen LogP contribution in [0, 0.1) is 6.92 Å². The quantitative estimate of drug-likeness (QED) is 0.789. The van der Waals surface area contributed by atoms with Crippen molar-refractivity contribution in [2.75, 3.05) is 5.32 Å². The van der Waals surface area contributed by atoms with E-state index in [1.165, 1.54) is 0 Å². The minimum atomic E-state index is 0.154. The molecule has 3 heterocycles. The van der Waals surface area contributed by atoms with Crippen molar-refractivity contribution >= 4 is 16.7 Å². The van der Waals surface area contributed by atoms with Gasteiger partial charge in [0, 0.05) is 12.4 Å². The Hall–Kier alpha value is -2.30. The molecule has 0 fully saturated rings. The van der Waals surface area contributed by atoms with Gasteiger partial charge in [0.15, 0.2) is 5.65 Å². The molecule has 0 aliphatic heterocycles. The van der Waals surface area contributed by atoms with Crippen LogP contribution < -0.4 is 5.32 Å². The Morgan fingerprint density at radius 3 is 3.00 bits per heavy atom. The molecule has 0 aliphatic carbocycles. The van der Waals surface area contributed by atoms with Crippen molar-refractivity contribution in [3.05, 3.63) is 42.1 Å². The molecule has 0 amide bonds. The first-order valence-electron chi connectivity index (χ1n) is 6.78. The second kappa shape index (κ2) is 5.00. The lowest BCUT2D eigenvalue weighted by Crippen LogP contribution is -2.09. The number of anilines is 1. The molecule has 0 saturated carbocycles. The highest BCUT2D eigenvalue weighted by molar-refractivity contribution is 5.81. The summed E-state index contributed by atoms with van der Waals surface area (Å²) >= 11 is 0. The Kier molecular flexibility index (Phi) is 3.18. The summed E-state index contributed by atoms with van der Waals surface area (Å²) in [6, 6.07) is 6.15. The van der Waals surface area contributed by atoms with E-state index in [0.717, 1.165) is 34.6 Å². The zero-order chi connectivity index (χ0) is 14.1. The van der Waals surface area contributed by atoms with E-state index in [4.69, 9.17) is 4.42 Å². The molecular weight excluding hydrogens is 252 g/mol. The smallest absolute Gasteiger partial charge is 0.157 e. The maximum Gasteiger partial charge on any atom is 0.157 e. The summed E-state index contributed by atoms with van der Waals surface area (Å²) < 4.78 is 7.28. The zero-order valence-electron chi connectivity index (χ0n) is 11.9. The van der Waals surface area contributed by atoms with Crippen molar-refractivity contribution in [2.24, 2.45) is 7.05 Å². The molecule has 3 aromatic heterocycles. The predicted octanol–water partition coefficient (Wildman–Crippen LogP) is 3.43. The molecule has 1 unspecified atom stereocenters. The van der Waals surface area contributed by atoms with E-state index in [0.29, 0.717) is 0 Å². The van der Waals surface area contributed by atoms with Crippen LogP contribution in [-0.4, -0.2) is 14.8 Å². The van der Waals surface area contributed by atoms with Crippen molar-refractivity contribution in [1.82, 2.24) is 14.8 Å². The number of hydrogen-bond acceptors (Lipinski definition) is 4. The number of aryl methyl sites for hydroxylation is 2. The highest BCUT2D eigenvalue weighted by Gasteiger charge is 2.13. The number of fused-ring (bicyclic) bond motifs is 1. The number of rotatable bonds is 4. The van der Waals surface area contributed by atoms with Crippen LogP contribution >= 0.6 is 0 Å². The Balaban J connectivity index is 1.92. The Labute approximate surface area is 117 Å². The van der Waals surface area contributed by atoms with Gasteiger partial charge in [-0.15, -0.1) is 0 Å². The molecule has 0 spiro atoms. The zero-order valence-corrected chi connectivity index (χ0v) is 11.9. The van der Waals surface area contributed by atoms with Gasteiger partial charge in [0.2, 0.25) is 0 Å². The second-order valence-electron chi connectivity index (χ2n) is 4.92. The third-order valence-electron chi connectivity index (χ3n) is 3.50. The molecule has 3 aromatic rings. The van der Waals surface area contributed by atoms with Crippen LogP contribution in [0.15, 0.2) is 35.1 Å². The van der Waals surface area contributed by atoms with E-state index < -0.39 is 0 Å². The summed E-state index contributed by atoms with van der Waals surface area (Å²) in [6.45, 7) is 4.12. The lowest BCUT2D eigenvalue weighted by Gasteiger charge is -2.15. The van der Waals surface area contributed by atoms with Gasteiger partial charge in [-0.3, -0.25) is 4.68 Å². The van der Waals surface area contributed by atoms with Crippen LogP contribution in [-0.2, 0) is 7.05 Å². The molecule has 20 heavy (non-hydrogen) atoms. The summed E-state index contributed by atoms with van der Waals surface area (Å²) in [7, 11) is 1.91. The van der Waals surface area contributed by atoms with Crippen LogP contribution in [0.1, 0.15) is 30.8 Å². The first kappa shape index (κ1) is 12.7. The van der Waals surface area contributed by atoms with Gasteiger partial charge in [-0.1, -0.05) is 6.92 Å². The van der Waals surface area contributed by atoms with Gasteiger partial charge in [0.1, 0.15) is 5.76 Å². The summed E-state index contributed by atoms with van der Waals surface area (Å²) in [5.74, 6) is 0.940. The normalized spacial score (nSPS) is 12.8. The highest BCUT2D eigenvalue weighted by atomic mass is 16.3. The van der Waals surface area contributed by atoms with Gasteiger partial charge in [-0.2, -0.15) is 5.10 Å². The Bertz CT molecular complexity index is 715.